The van der Waals surface area contributed by atoms with E-state index in [1.165, 1.54) is 24.0 Å². The standard InChI is InChI=1S/C11H11N3O2S/c1-7(15)9-3-2-8(6-13-9)17-11-12-5-4-10(16)14-11/h2-7,15H,1H3,(H,12,14,16)/t7-/m0/s1. The quantitative estimate of drug-likeness (QED) is 0.803. The summed E-state index contributed by atoms with van der Waals surface area (Å²) >= 11 is 1.31. The smallest absolute Gasteiger partial charge is 0.251 e. The van der Waals surface area contributed by atoms with Gasteiger partial charge in [0.05, 0.1) is 11.8 Å². The molecule has 6 heteroatoms. The molecule has 0 aliphatic heterocycles. The van der Waals surface area contributed by atoms with Crippen LogP contribution >= 0.6 is 11.8 Å². The van der Waals surface area contributed by atoms with E-state index in [-0.39, 0.29) is 5.56 Å². The average Bonchev–Trinajstić information content (AvgIpc) is 2.29. The van der Waals surface area contributed by atoms with Gasteiger partial charge >= 0.3 is 0 Å². The van der Waals surface area contributed by atoms with Gasteiger partial charge in [0.2, 0.25) is 0 Å². The van der Waals surface area contributed by atoms with E-state index in [4.69, 9.17) is 0 Å². The minimum absolute atomic E-state index is 0.184. The van der Waals surface area contributed by atoms with Crippen molar-refractivity contribution in [3.05, 3.63) is 46.6 Å². The van der Waals surface area contributed by atoms with Gasteiger partial charge < -0.3 is 10.1 Å². The SMILES string of the molecule is C[C@H](O)c1ccc(Sc2nccc(=O)[nH]2)cn1. The first kappa shape index (κ1) is 11.8. The van der Waals surface area contributed by atoms with Crippen LogP contribution in [0.5, 0.6) is 0 Å². The minimum atomic E-state index is -0.580. The van der Waals surface area contributed by atoms with Gasteiger partial charge in [0.1, 0.15) is 0 Å². The van der Waals surface area contributed by atoms with Crippen molar-refractivity contribution < 1.29 is 5.11 Å². The Bertz CT molecular complexity index is 551. The van der Waals surface area contributed by atoms with Gasteiger partial charge in [-0.2, -0.15) is 0 Å². The lowest BCUT2D eigenvalue weighted by Crippen LogP contribution is -2.05. The second-order valence-electron chi connectivity index (χ2n) is 3.44. The predicted octanol–water partition coefficient (Wildman–Crippen LogP) is 1.37. The van der Waals surface area contributed by atoms with Crippen molar-refractivity contribution in [3.8, 4) is 0 Å². The molecule has 2 heterocycles. The van der Waals surface area contributed by atoms with Gasteiger partial charge in [-0.15, -0.1) is 0 Å². The number of nitrogens with one attached hydrogen (secondary N) is 1. The third kappa shape index (κ3) is 3.15. The molecule has 0 unspecified atom stereocenters. The van der Waals surface area contributed by atoms with Gasteiger partial charge in [0.15, 0.2) is 5.16 Å². The Labute approximate surface area is 102 Å². The highest BCUT2D eigenvalue weighted by Gasteiger charge is 2.04. The lowest BCUT2D eigenvalue weighted by Gasteiger charge is -2.04. The van der Waals surface area contributed by atoms with E-state index < -0.39 is 6.10 Å². The van der Waals surface area contributed by atoms with Gasteiger partial charge in [-0.1, -0.05) is 11.8 Å². The number of hydrogen-bond donors (Lipinski definition) is 2. The van der Waals surface area contributed by atoms with Crippen molar-refractivity contribution in [2.75, 3.05) is 0 Å². The minimum Gasteiger partial charge on any atom is -0.387 e. The first-order valence-electron chi connectivity index (χ1n) is 5.02. The van der Waals surface area contributed by atoms with Crippen LogP contribution in [0.4, 0.5) is 0 Å². The molecule has 0 aliphatic rings. The van der Waals surface area contributed by atoms with Gasteiger partial charge in [-0.05, 0) is 19.1 Å². The number of pyridine rings is 1. The molecule has 0 aliphatic carbocycles. The van der Waals surface area contributed by atoms with Crippen molar-refractivity contribution in [2.45, 2.75) is 23.1 Å². The van der Waals surface area contributed by atoms with E-state index in [1.54, 1.807) is 19.2 Å². The number of aromatic nitrogens is 3. The number of aliphatic hydroxyl groups excluding tert-OH is 1. The number of nitrogens with zero attached hydrogens (tertiary/aromatic N) is 2. The molecular weight excluding hydrogens is 238 g/mol. The summed E-state index contributed by atoms with van der Waals surface area (Å²) in [6.45, 7) is 1.66. The van der Waals surface area contributed by atoms with E-state index in [0.29, 0.717) is 10.9 Å². The Morgan fingerprint density at radius 2 is 2.18 bits per heavy atom. The number of rotatable bonds is 3. The Kier molecular flexibility index (Phi) is 3.55. The van der Waals surface area contributed by atoms with Crippen molar-refractivity contribution >= 4 is 11.8 Å². The van der Waals surface area contributed by atoms with Crippen LogP contribution in [0.3, 0.4) is 0 Å². The largest absolute Gasteiger partial charge is 0.387 e. The molecule has 0 aromatic carbocycles. The van der Waals surface area contributed by atoms with E-state index in [2.05, 4.69) is 15.0 Å². The molecule has 0 fully saturated rings. The number of aliphatic hydroxyl groups is 1. The zero-order chi connectivity index (χ0) is 12.3. The summed E-state index contributed by atoms with van der Waals surface area (Å²) in [5.41, 5.74) is 0.430. The number of hydrogen-bond acceptors (Lipinski definition) is 5. The molecule has 0 saturated heterocycles. The molecule has 1 atom stereocenters. The Hall–Kier alpha value is -1.66. The third-order valence-electron chi connectivity index (χ3n) is 2.05. The molecule has 2 N–H and O–H groups in total. The molecule has 0 radical (unpaired) electrons. The summed E-state index contributed by atoms with van der Waals surface area (Å²) in [7, 11) is 0. The Morgan fingerprint density at radius 1 is 1.35 bits per heavy atom. The summed E-state index contributed by atoms with van der Waals surface area (Å²) in [4.78, 5) is 22.7. The van der Waals surface area contributed by atoms with E-state index in [9.17, 15) is 9.90 Å². The second-order valence-corrected chi connectivity index (χ2v) is 4.50. The highest BCUT2D eigenvalue weighted by molar-refractivity contribution is 7.99. The van der Waals surface area contributed by atoms with Gasteiger partial charge in [0, 0.05) is 23.4 Å². The monoisotopic (exact) mass is 249 g/mol. The fourth-order valence-corrected chi connectivity index (χ4v) is 1.94. The van der Waals surface area contributed by atoms with Crippen LogP contribution in [0.15, 0.2) is 45.4 Å². The maximum Gasteiger partial charge on any atom is 0.251 e. The second kappa shape index (κ2) is 5.11. The summed E-state index contributed by atoms with van der Waals surface area (Å²) in [6.07, 6.45) is 2.52. The van der Waals surface area contributed by atoms with Crippen LogP contribution in [0, 0.1) is 0 Å². The molecule has 17 heavy (non-hydrogen) atoms. The van der Waals surface area contributed by atoms with Crippen LogP contribution in [0.25, 0.3) is 0 Å². The van der Waals surface area contributed by atoms with Crippen molar-refractivity contribution in [1.29, 1.82) is 0 Å². The fraction of sp³-hybridized carbons (Fsp3) is 0.182. The zero-order valence-electron chi connectivity index (χ0n) is 9.12. The average molecular weight is 249 g/mol. The number of H-pyrrole nitrogens is 1. The molecule has 0 spiro atoms. The summed E-state index contributed by atoms with van der Waals surface area (Å²) in [6, 6.07) is 4.93. The number of aromatic amines is 1. The first-order chi connectivity index (χ1) is 8.15. The molecule has 2 aromatic heterocycles. The van der Waals surface area contributed by atoms with Crippen molar-refractivity contribution in [3.63, 3.8) is 0 Å². The van der Waals surface area contributed by atoms with E-state index >= 15 is 0 Å². The normalized spacial score (nSPS) is 12.4. The van der Waals surface area contributed by atoms with Crippen LogP contribution in [0.1, 0.15) is 18.7 Å². The van der Waals surface area contributed by atoms with Crippen molar-refractivity contribution in [2.24, 2.45) is 0 Å². The summed E-state index contributed by atoms with van der Waals surface area (Å²) < 4.78 is 0. The lowest BCUT2D eigenvalue weighted by molar-refractivity contribution is 0.194. The maximum atomic E-state index is 11.1. The fourth-order valence-electron chi connectivity index (χ4n) is 1.21. The lowest BCUT2D eigenvalue weighted by atomic mass is 10.2. The van der Waals surface area contributed by atoms with Crippen LogP contribution in [0.2, 0.25) is 0 Å². The predicted molar refractivity (Wildman–Crippen MR) is 63.9 cm³/mol. The van der Waals surface area contributed by atoms with Gasteiger partial charge in [-0.3, -0.25) is 9.78 Å². The molecule has 2 aromatic rings. The molecule has 0 saturated carbocycles. The highest BCUT2D eigenvalue weighted by Crippen LogP contribution is 2.23. The summed E-state index contributed by atoms with van der Waals surface area (Å²) in [5, 5.41) is 9.83. The van der Waals surface area contributed by atoms with Crippen LogP contribution < -0.4 is 5.56 Å². The molecule has 88 valence electrons. The molecule has 0 bridgehead atoms. The zero-order valence-corrected chi connectivity index (χ0v) is 9.94. The van der Waals surface area contributed by atoms with Crippen LogP contribution in [-0.2, 0) is 0 Å². The Morgan fingerprint density at radius 3 is 2.76 bits per heavy atom. The van der Waals surface area contributed by atoms with Gasteiger partial charge in [0.25, 0.3) is 5.56 Å². The molecule has 2 rings (SSSR count). The molecule has 5 nitrogen and oxygen atoms in total. The third-order valence-corrected chi connectivity index (χ3v) is 2.93. The highest BCUT2D eigenvalue weighted by atomic mass is 32.2. The van der Waals surface area contributed by atoms with Crippen molar-refractivity contribution in [1.82, 2.24) is 15.0 Å². The first-order valence-corrected chi connectivity index (χ1v) is 5.84. The van der Waals surface area contributed by atoms with E-state index in [0.717, 1.165) is 4.90 Å². The molecular formula is C11H11N3O2S. The Balaban J connectivity index is 2.16. The topological polar surface area (TPSA) is 78.9 Å². The maximum absolute atomic E-state index is 11.1. The van der Waals surface area contributed by atoms with Gasteiger partial charge in [-0.25, -0.2) is 4.98 Å². The van der Waals surface area contributed by atoms with E-state index in [1.807, 2.05) is 6.07 Å². The molecule has 0 amide bonds. The summed E-state index contributed by atoms with van der Waals surface area (Å²) in [5.74, 6) is 0. The van der Waals surface area contributed by atoms with Crippen LogP contribution in [-0.4, -0.2) is 20.1 Å².